The van der Waals surface area contributed by atoms with Crippen molar-refractivity contribution in [3.63, 3.8) is 0 Å². The second kappa shape index (κ2) is 5.88. The fourth-order valence-corrected chi connectivity index (χ4v) is 3.23. The molecule has 2 aromatic rings. The highest BCUT2D eigenvalue weighted by Crippen LogP contribution is 2.21. The van der Waals surface area contributed by atoms with Crippen molar-refractivity contribution in [1.29, 1.82) is 0 Å². The van der Waals surface area contributed by atoms with Crippen LogP contribution in [0.2, 0.25) is 0 Å². The standard InChI is InChI=1S/C13H16N2O3S2/c1-7(2)6-9(12(17)18-3)15-11(16)10-8(4-5-20-10)14-13(15)19/h4-5,7,9H,6H2,1-3H3,(H,14,19). The molecule has 2 heterocycles. The van der Waals surface area contributed by atoms with Crippen LogP contribution in [0.1, 0.15) is 26.3 Å². The summed E-state index contributed by atoms with van der Waals surface area (Å²) >= 11 is 6.56. The molecule has 7 heteroatoms. The van der Waals surface area contributed by atoms with Crippen LogP contribution in [0, 0.1) is 10.7 Å². The lowest BCUT2D eigenvalue weighted by molar-refractivity contribution is -0.145. The van der Waals surface area contributed by atoms with Gasteiger partial charge in [0.25, 0.3) is 5.56 Å². The molecule has 0 aliphatic heterocycles. The third-order valence-electron chi connectivity index (χ3n) is 3.02. The van der Waals surface area contributed by atoms with Crippen molar-refractivity contribution in [3.05, 3.63) is 26.6 Å². The van der Waals surface area contributed by atoms with E-state index in [1.807, 2.05) is 19.2 Å². The molecule has 0 bridgehead atoms. The number of rotatable bonds is 4. The van der Waals surface area contributed by atoms with E-state index in [4.69, 9.17) is 17.0 Å². The Kier molecular flexibility index (Phi) is 4.39. The Morgan fingerprint density at radius 2 is 2.25 bits per heavy atom. The van der Waals surface area contributed by atoms with E-state index in [1.54, 1.807) is 6.07 Å². The number of thiophene rings is 1. The largest absolute Gasteiger partial charge is 0.467 e. The van der Waals surface area contributed by atoms with E-state index in [-0.39, 0.29) is 16.2 Å². The number of esters is 1. The van der Waals surface area contributed by atoms with Crippen molar-refractivity contribution >= 4 is 39.7 Å². The highest BCUT2D eigenvalue weighted by Gasteiger charge is 2.25. The van der Waals surface area contributed by atoms with Gasteiger partial charge in [-0.25, -0.2) is 4.79 Å². The van der Waals surface area contributed by atoms with Gasteiger partial charge in [-0.1, -0.05) is 13.8 Å². The van der Waals surface area contributed by atoms with Crippen molar-refractivity contribution in [3.8, 4) is 0 Å². The summed E-state index contributed by atoms with van der Waals surface area (Å²) in [6.45, 7) is 3.97. The lowest BCUT2D eigenvalue weighted by Gasteiger charge is -2.19. The van der Waals surface area contributed by atoms with Crippen molar-refractivity contribution in [2.45, 2.75) is 26.3 Å². The normalized spacial score (nSPS) is 12.8. The van der Waals surface area contributed by atoms with Gasteiger partial charge in [0.2, 0.25) is 0 Å². The third kappa shape index (κ3) is 2.69. The average Bonchev–Trinajstić information content (AvgIpc) is 2.84. The Labute approximate surface area is 125 Å². The van der Waals surface area contributed by atoms with E-state index in [0.717, 1.165) is 0 Å². The van der Waals surface area contributed by atoms with Crippen LogP contribution in [-0.4, -0.2) is 22.6 Å². The number of carbonyl (C=O) groups excluding carboxylic acids is 1. The lowest BCUT2D eigenvalue weighted by atomic mass is 10.0. The molecule has 2 rings (SSSR count). The maximum Gasteiger partial charge on any atom is 0.329 e. The molecular formula is C13H16N2O3S2. The number of ether oxygens (including phenoxy) is 1. The molecule has 0 saturated carbocycles. The molecule has 1 N–H and O–H groups in total. The molecule has 0 saturated heterocycles. The fourth-order valence-electron chi connectivity index (χ4n) is 2.12. The molecule has 0 aliphatic carbocycles. The fraction of sp³-hybridized carbons (Fsp3) is 0.462. The number of methoxy groups -OCH3 is 1. The maximum absolute atomic E-state index is 12.5. The summed E-state index contributed by atoms with van der Waals surface area (Å²) in [4.78, 5) is 27.5. The number of H-pyrrole nitrogens is 1. The Balaban J connectivity index is 2.66. The van der Waals surface area contributed by atoms with Crippen molar-refractivity contribution in [1.82, 2.24) is 9.55 Å². The monoisotopic (exact) mass is 312 g/mol. The van der Waals surface area contributed by atoms with E-state index >= 15 is 0 Å². The number of fused-ring (bicyclic) bond motifs is 1. The summed E-state index contributed by atoms with van der Waals surface area (Å²) in [6, 6.07) is 1.11. The predicted octanol–water partition coefficient (Wildman–Crippen LogP) is 2.88. The highest BCUT2D eigenvalue weighted by molar-refractivity contribution is 7.71. The first kappa shape index (κ1) is 14.9. The Bertz CT molecular complexity index is 742. The summed E-state index contributed by atoms with van der Waals surface area (Å²) in [6.07, 6.45) is 0.501. The minimum absolute atomic E-state index is 0.236. The van der Waals surface area contributed by atoms with Crippen LogP contribution >= 0.6 is 23.6 Å². The number of nitrogens with one attached hydrogen (secondary N) is 1. The minimum Gasteiger partial charge on any atom is -0.467 e. The third-order valence-corrected chi connectivity index (χ3v) is 4.22. The molecule has 0 aliphatic rings. The van der Waals surface area contributed by atoms with Crippen LogP contribution in [0.15, 0.2) is 16.2 Å². The Morgan fingerprint density at radius 3 is 2.85 bits per heavy atom. The van der Waals surface area contributed by atoms with Gasteiger partial charge < -0.3 is 9.72 Å². The lowest BCUT2D eigenvalue weighted by Crippen LogP contribution is -2.32. The van der Waals surface area contributed by atoms with Gasteiger partial charge in [-0.2, -0.15) is 0 Å². The zero-order valence-corrected chi connectivity index (χ0v) is 13.1. The number of aromatic nitrogens is 2. The molecule has 5 nitrogen and oxygen atoms in total. The van der Waals surface area contributed by atoms with Crippen molar-refractivity contribution < 1.29 is 9.53 Å². The SMILES string of the molecule is COC(=O)C(CC(C)C)n1c(=S)[nH]c2ccsc2c1=O. The molecule has 1 atom stereocenters. The van der Waals surface area contributed by atoms with Crippen LogP contribution in [0.25, 0.3) is 10.2 Å². The first-order chi connectivity index (χ1) is 9.45. The molecule has 0 aromatic carbocycles. The van der Waals surface area contributed by atoms with Crippen molar-refractivity contribution in [2.75, 3.05) is 7.11 Å². The number of hydrogen-bond donors (Lipinski definition) is 1. The van der Waals surface area contributed by atoms with E-state index in [2.05, 4.69) is 4.98 Å². The quantitative estimate of drug-likeness (QED) is 0.696. The maximum atomic E-state index is 12.5. The van der Waals surface area contributed by atoms with Gasteiger partial charge in [-0.15, -0.1) is 11.3 Å². The molecule has 0 spiro atoms. The van der Waals surface area contributed by atoms with Crippen LogP contribution < -0.4 is 5.56 Å². The zero-order chi connectivity index (χ0) is 14.9. The van der Waals surface area contributed by atoms with Gasteiger partial charge in [0, 0.05) is 0 Å². The molecule has 0 amide bonds. The molecule has 1 unspecified atom stereocenters. The highest BCUT2D eigenvalue weighted by atomic mass is 32.1. The molecular weight excluding hydrogens is 296 g/mol. The number of aromatic amines is 1. The Hall–Kier alpha value is -1.47. The molecule has 20 heavy (non-hydrogen) atoms. The first-order valence-electron chi connectivity index (χ1n) is 6.25. The second-order valence-electron chi connectivity index (χ2n) is 4.94. The van der Waals surface area contributed by atoms with Gasteiger partial charge in [-0.05, 0) is 36.0 Å². The van der Waals surface area contributed by atoms with Gasteiger partial charge in [0.1, 0.15) is 10.7 Å². The molecule has 2 aromatic heterocycles. The van der Waals surface area contributed by atoms with E-state index in [9.17, 15) is 9.59 Å². The van der Waals surface area contributed by atoms with Gasteiger partial charge in [-0.3, -0.25) is 9.36 Å². The smallest absolute Gasteiger partial charge is 0.329 e. The van der Waals surface area contributed by atoms with Crippen LogP contribution in [0.4, 0.5) is 0 Å². The second-order valence-corrected chi connectivity index (χ2v) is 6.24. The summed E-state index contributed by atoms with van der Waals surface area (Å²) in [5.74, 6) is -0.212. The number of nitrogens with zero attached hydrogens (tertiary/aromatic N) is 1. The van der Waals surface area contributed by atoms with E-state index < -0.39 is 12.0 Å². The summed E-state index contributed by atoms with van der Waals surface area (Å²) in [5, 5.41) is 1.82. The van der Waals surface area contributed by atoms with Crippen LogP contribution in [0.5, 0.6) is 0 Å². The minimum atomic E-state index is -0.692. The predicted molar refractivity (Wildman–Crippen MR) is 81.8 cm³/mol. The molecule has 0 fully saturated rings. The summed E-state index contributed by atoms with van der Waals surface area (Å²) in [5.41, 5.74) is 0.462. The van der Waals surface area contributed by atoms with Crippen LogP contribution in [-0.2, 0) is 9.53 Å². The van der Waals surface area contributed by atoms with Gasteiger partial charge in [0.05, 0.1) is 12.6 Å². The van der Waals surface area contributed by atoms with Crippen molar-refractivity contribution in [2.24, 2.45) is 5.92 Å². The number of hydrogen-bond acceptors (Lipinski definition) is 5. The summed E-state index contributed by atoms with van der Waals surface area (Å²) in [7, 11) is 1.32. The zero-order valence-electron chi connectivity index (χ0n) is 11.5. The Morgan fingerprint density at radius 1 is 1.55 bits per heavy atom. The van der Waals surface area contributed by atoms with Gasteiger partial charge in [0.15, 0.2) is 4.77 Å². The van der Waals surface area contributed by atoms with Gasteiger partial charge >= 0.3 is 5.97 Å². The van der Waals surface area contributed by atoms with E-state index in [1.165, 1.54) is 23.0 Å². The van der Waals surface area contributed by atoms with Crippen LogP contribution in [0.3, 0.4) is 0 Å². The van der Waals surface area contributed by atoms with E-state index in [0.29, 0.717) is 16.6 Å². The number of carbonyl (C=O) groups is 1. The molecule has 0 radical (unpaired) electrons. The molecule has 108 valence electrons. The average molecular weight is 312 g/mol. The topological polar surface area (TPSA) is 64.1 Å². The first-order valence-corrected chi connectivity index (χ1v) is 7.54. The summed E-state index contributed by atoms with van der Waals surface area (Å²) < 4.78 is 6.96.